The highest BCUT2D eigenvalue weighted by Gasteiger charge is 2.49. The molecule has 1 saturated heterocycles. The van der Waals surface area contributed by atoms with Crippen LogP contribution in [-0.2, 0) is 11.3 Å². The minimum absolute atomic E-state index is 0.0580. The van der Waals surface area contributed by atoms with Gasteiger partial charge >= 0.3 is 0 Å². The van der Waals surface area contributed by atoms with Gasteiger partial charge in [0.05, 0.1) is 6.04 Å². The number of likely N-dealkylation sites (tertiary alicyclic amines) is 1. The molecule has 0 spiro atoms. The molecule has 0 aromatic heterocycles. The summed E-state index contributed by atoms with van der Waals surface area (Å²) < 4.78 is 0. The van der Waals surface area contributed by atoms with E-state index < -0.39 is 0 Å². The lowest BCUT2D eigenvalue weighted by Crippen LogP contribution is -2.57. The Morgan fingerprint density at radius 1 is 1.03 bits per heavy atom. The zero-order valence-corrected chi connectivity index (χ0v) is 19.1. The summed E-state index contributed by atoms with van der Waals surface area (Å²) in [5.41, 5.74) is 1.22. The van der Waals surface area contributed by atoms with Crippen LogP contribution in [0.2, 0.25) is 5.02 Å². The van der Waals surface area contributed by atoms with E-state index in [2.05, 4.69) is 27.7 Å². The first kappa shape index (κ1) is 20.8. The molecule has 4 saturated carbocycles. The Bertz CT molecular complexity index is 736. The maximum absolute atomic E-state index is 13.0. The topological polar surface area (TPSA) is 44.4 Å². The predicted octanol–water partition coefficient (Wildman–Crippen LogP) is 4.22. The summed E-state index contributed by atoms with van der Waals surface area (Å²) in [4.78, 5) is 15.4. The highest BCUT2D eigenvalue weighted by Crippen LogP contribution is 2.53. The van der Waals surface area contributed by atoms with Crippen molar-refractivity contribution in [3.63, 3.8) is 0 Å². The number of amides is 1. The Morgan fingerprint density at radius 2 is 1.67 bits per heavy atom. The van der Waals surface area contributed by atoms with E-state index >= 15 is 0 Å². The second-order valence-electron chi connectivity index (χ2n) is 10.8. The monoisotopic (exact) mass is 429 g/mol. The first-order valence-corrected chi connectivity index (χ1v) is 12.4. The molecule has 1 aromatic rings. The van der Waals surface area contributed by atoms with E-state index in [4.69, 9.17) is 11.6 Å². The molecule has 4 aliphatic carbocycles. The van der Waals surface area contributed by atoms with Crippen LogP contribution in [0.5, 0.6) is 0 Å². The molecule has 0 unspecified atom stereocenters. The fourth-order valence-electron chi connectivity index (χ4n) is 7.15. The van der Waals surface area contributed by atoms with Gasteiger partial charge in [-0.15, -0.1) is 0 Å². The lowest BCUT2D eigenvalue weighted by atomic mass is 9.54. The summed E-state index contributed by atoms with van der Waals surface area (Å²) in [5, 5.41) is 8.00. The second-order valence-corrected chi connectivity index (χ2v) is 11.2. The highest BCUT2D eigenvalue weighted by atomic mass is 35.5. The number of carbonyl (C=O) groups excluding carboxylic acids is 1. The van der Waals surface area contributed by atoms with Crippen molar-refractivity contribution in [2.45, 2.75) is 83.1 Å². The minimum Gasteiger partial charge on any atom is -0.353 e. The molecule has 1 amide bonds. The van der Waals surface area contributed by atoms with Gasteiger partial charge in [-0.3, -0.25) is 9.69 Å². The van der Waals surface area contributed by atoms with Crippen molar-refractivity contribution >= 4 is 17.5 Å². The number of nitrogens with zero attached hydrogens (tertiary/aromatic N) is 1. The molecule has 5 aliphatic rings. The van der Waals surface area contributed by atoms with Gasteiger partial charge in [0.15, 0.2) is 0 Å². The molecule has 5 heteroatoms. The molecule has 2 atom stereocenters. The van der Waals surface area contributed by atoms with Crippen molar-refractivity contribution in [3.05, 3.63) is 34.9 Å². The number of rotatable bonds is 6. The fraction of sp³-hybridized carbons (Fsp3) is 0.720. The first-order chi connectivity index (χ1) is 14.4. The van der Waals surface area contributed by atoms with Gasteiger partial charge in [-0.25, -0.2) is 0 Å². The van der Waals surface area contributed by atoms with E-state index in [-0.39, 0.29) is 18.0 Å². The van der Waals surface area contributed by atoms with E-state index in [9.17, 15) is 4.79 Å². The zero-order chi connectivity index (χ0) is 20.8. The van der Waals surface area contributed by atoms with Crippen LogP contribution < -0.4 is 10.6 Å². The van der Waals surface area contributed by atoms with Crippen LogP contribution in [0.1, 0.15) is 57.9 Å². The summed E-state index contributed by atoms with van der Waals surface area (Å²) in [7, 11) is 0. The van der Waals surface area contributed by atoms with E-state index in [0.717, 1.165) is 48.2 Å². The average Bonchev–Trinajstić information content (AvgIpc) is 3.08. The molecule has 4 bridgehead atoms. The van der Waals surface area contributed by atoms with Crippen molar-refractivity contribution < 1.29 is 4.79 Å². The number of hydrogen-bond acceptors (Lipinski definition) is 3. The van der Waals surface area contributed by atoms with Crippen molar-refractivity contribution in [2.75, 3.05) is 6.54 Å². The lowest BCUT2D eigenvalue weighted by Gasteiger charge is -2.55. The molecule has 164 valence electrons. The molecule has 30 heavy (non-hydrogen) atoms. The maximum Gasteiger partial charge on any atom is 0.237 e. The van der Waals surface area contributed by atoms with Crippen LogP contribution >= 0.6 is 11.6 Å². The van der Waals surface area contributed by atoms with Crippen molar-refractivity contribution in [1.29, 1.82) is 0 Å². The van der Waals surface area contributed by atoms with Crippen LogP contribution in [0.25, 0.3) is 0 Å². The first-order valence-electron chi connectivity index (χ1n) is 12.0. The van der Waals surface area contributed by atoms with Gasteiger partial charge < -0.3 is 10.6 Å². The molecule has 5 fully saturated rings. The van der Waals surface area contributed by atoms with Gasteiger partial charge in [0, 0.05) is 36.2 Å². The number of halogens is 1. The molecular formula is C25H36ClN3O. The Balaban J connectivity index is 1.28. The van der Waals surface area contributed by atoms with Gasteiger partial charge in [-0.05, 0) is 93.7 Å². The largest absolute Gasteiger partial charge is 0.353 e. The van der Waals surface area contributed by atoms with E-state index in [1.54, 1.807) is 0 Å². The summed E-state index contributed by atoms with van der Waals surface area (Å²) in [6, 6.07) is 9.25. The molecule has 4 nitrogen and oxygen atoms in total. The second kappa shape index (κ2) is 8.44. The Labute approximate surface area is 186 Å². The van der Waals surface area contributed by atoms with Gasteiger partial charge in [0.25, 0.3) is 0 Å². The minimum atomic E-state index is -0.0580. The molecule has 0 radical (unpaired) electrons. The maximum atomic E-state index is 13.0. The Kier molecular flexibility index (Phi) is 5.85. The fourth-order valence-corrected chi connectivity index (χ4v) is 7.27. The van der Waals surface area contributed by atoms with Gasteiger partial charge in [0.1, 0.15) is 0 Å². The highest BCUT2D eigenvalue weighted by molar-refractivity contribution is 6.30. The standard InChI is InChI=1S/C25H36ClN3O/c1-15(2)27-25(30)23-12-22(14-29(23)13-16-3-5-21(26)6-4-16)28-24-19-8-17-7-18(10-19)11-20(24)9-17/h3-6,15,17-20,22-24,28H,7-14H2,1-2H3,(H,27,30)/t17?,18?,19?,20?,22-,23-,24?/m0/s1. The van der Waals surface area contributed by atoms with Crippen LogP contribution in [0.15, 0.2) is 24.3 Å². The van der Waals surface area contributed by atoms with Crippen LogP contribution in [0, 0.1) is 23.7 Å². The van der Waals surface area contributed by atoms with Crippen LogP contribution in [0.3, 0.4) is 0 Å². The van der Waals surface area contributed by atoms with Gasteiger partial charge in [-0.1, -0.05) is 23.7 Å². The third-order valence-electron chi connectivity index (χ3n) is 8.09. The third kappa shape index (κ3) is 4.28. The summed E-state index contributed by atoms with van der Waals surface area (Å²) in [6.07, 6.45) is 8.14. The van der Waals surface area contributed by atoms with Crippen molar-refractivity contribution in [1.82, 2.24) is 15.5 Å². The zero-order valence-electron chi connectivity index (χ0n) is 18.3. The van der Waals surface area contributed by atoms with Gasteiger partial charge in [0.2, 0.25) is 5.91 Å². The molecule has 2 N–H and O–H groups in total. The van der Waals surface area contributed by atoms with Crippen molar-refractivity contribution in [2.24, 2.45) is 23.7 Å². The molecule has 6 rings (SSSR count). The molecule has 1 heterocycles. The number of nitrogens with one attached hydrogen (secondary N) is 2. The molecule has 1 aromatic carbocycles. The lowest BCUT2D eigenvalue weighted by molar-refractivity contribution is -0.126. The number of benzene rings is 1. The quantitative estimate of drug-likeness (QED) is 0.711. The SMILES string of the molecule is CC(C)NC(=O)[C@@H]1C[C@H](NC2C3CC4CC(C3)CC2C4)CN1Cc1ccc(Cl)cc1. The molecule has 1 aliphatic heterocycles. The summed E-state index contributed by atoms with van der Waals surface area (Å²) in [6.45, 7) is 5.83. The number of carbonyl (C=O) groups is 1. The van der Waals surface area contributed by atoms with Gasteiger partial charge in [-0.2, -0.15) is 0 Å². The average molecular weight is 430 g/mol. The van der Waals surface area contributed by atoms with Crippen LogP contribution in [-0.4, -0.2) is 41.5 Å². The Hall–Kier alpha value is -1.10. The smallest absolute Gasteiger partial charge is 0.237 e. The van der Waals surface area contributed by atoms with Crippen LogP contribution in [0.4, 0.5) is 0 Å². The van der Waals surface area contributed by atoms with Crippen molar-refractivity contribution in [3.8, 4) is 0 Å². The Morgan fingerprint density at radius 3 is 2.27 bits per heavy atom. The summed E-state index contributed by atoms with van der Waals surface area (Å²) >= 11 is 6.07. The van der Waals surface area contributed by atoms with E-state index in [0.29, 0.717) is 12.1 Å². The third-order valence-corrected chi connectivity index (χ3v) is 8.34. The predicted molar refractivity (Wildman–Crippen MR) is 121 cm³/mol. The molecular weight excluding hydrogens is 394 g/mol. The van der Waals surface area contributed by atoms with E-state index in [1.165, 1.54) is 37.7 Å². The normalized spacial score (nSPS) is 37.8. The van der Waals surface area contributed by atoms with E-state index in [1.807, 2.05) is 26.0 Å². The number of hydrogen-bond donors (Lipinski definition) is 2. The summed E-state index contributed by atoms with van der Waals surface area (Å²) in [5.74, 6) is 3.91.